The van der Waals surface area contributed by atoms with E-state index in [1.54, 1.807) is 10.9 Å². The Kier molecular flexibility index (Phi) is 6.26. The van der Waals surface area contributed by atoms with Gasteiger partial charge in [-0.05, 0) is 65.9 Å². The van der Waals surface area contributed by atoms with E-state index in [1.807, 2.05) is 25.7 Å². The number of ether oxygens (including phenoxy) is 1. The van der Waals surface area contributed by atoms with Crippen molar-refractivity contribution in [2.75, 3.05) is 6.54 Å². The van der Waals surface area contributed by atoms with E-state index in [2.05, 4.69) is 18.9 Å². The van der Waals surface area contributed by atoms with Gasteiger partial charge in [0, 0.05) is 24.8 Å². The monoisotopic (exact) mass is 400 g/mol. The number of sulfonamides is 1. The predicted molar refractivity (Wildman–Crippen MR) is 103 cm³/mol. The Hall–Kier alpha value is -1.61. The molecule has 0 aromatic carbocycles. The van der Waals surface area contributed by atoms with Crippen LogP contribution in [0, 0.1) is 5.92 Å². The van der Waals surface area contributed by atoms with Gasteiger partial charge >= 0.3 is 6.09 Å². The lowest BCUT2D eigenvalue weighted by Gasteiger charge is -2.33. The highest BCUT2D eigenvalue weighted by molar-refractivity contribution is 7.89. The molecule has 1 amide bonds. The maximum absolute atomic E-state index is 12.5. The van der Waals surface area contributed by atoms with E-state index in [4.69, 9.17) is 9.88 Å². The Bertz CT molecular complexity index is 765. The molecule has 1 aliphatic rings. The van der Waals surface area contributed by atoms with Crippen LogP contribution in [0.2, 0.25) is 0 Å². The second-order valence-corrected chi connectivity index (χ2v) is 10.4. The van der Waals surface area contributed by atoms with Crippen LogP contribution in [0.4, 0.5) is 4.79 Å². The van der Waals surface area contributed by atoms with Crippen molar-refractivity contribution in [3.8, 4) is 0 Å². The molecule has 0 aliphatic carbocycles. The number of rotatable bonds is 6. The van der Waals surface area contributed by atoms with Gasteiger partial charge in [-0.25, -0.2) is 18.4 Å². The average Bonchev–Trinajstić information content (AvgIpc) is 3.05. The number of carbonyl (C=O) groups excluding carboxylic acids is 1. The van der Waals surface area contributed by atoms with Crippen LogP contribution >= 0.6 is 0 Å². The first-order valence-corrected chi connectivity index (χ1v) is 10.9. The predicted octanol–water partition coefficient (Wildman–Crippen LogP) is 2.74. The van der Waals surface area contributed by atoms with Crippen molar-refractivity contribution < 1.29 is 17.9 Å². The number of hydrogen-bond donors (Lipinski definition) is 1. The number of carbonyl (C=O) groups is 1. The summed E-state index contributed by atoms with van der Waals surface area (Å²) in [6.07, 6.45) is 5.20. The first-order chi connectivity index (χ1) is 12.3. The summed E-state index contributed by atoms with van der Waals surface area (Å²) in [7, 11) is -3.75. The van der Waals surface area contributed by atoms with E-state index < -0.39 is 15.6 Å². The molecule has 27 heavy (non-hydrogen) atoms. The van der Waals surface area contributed by atoms with E-state index in [1.165, 1.54) is 6.07 Å². The summed E-state index contributed by atoms with van der Waals surface area (Å²) < 4.78 is 29.6. The zero-order chi connectivity index (χ0) is 20.5. The van der Waals surface area contributed by atoms with Crippen molar-refractivity contribution in [2.45, 2.75) is 83.0 Å². The largest absolute Gasteiger partial charge is 0.444 e. The summed E-state index contributed by atoms with van der Waals surface area (Å²) >= 11 is 0. The zero-order valence-corrected chi connectivity index (χ0v) is 17.8. The van der Waals surface area contributed by atoms with Gasteiger partial charge in [-0.2, -0.15) is 5.10 Å². The van der Waals surface area contributed by atoms with Crippen LogP contribution in [0.5, 0.6) is 0 Å². The van der Waals surface area contributed by atoms with Crippen molar-refractivity contribution in [1.29, 1.82) is 0 Å². The van der Waals surface area contributed by atoms with Crippen molar-refractivity contribution in [3.05, 3.63) is 12.3 Å². The standard InChI is InChI=1S/C18H32N4O4S/c1-17(2,3)26-16(23)22-13-14(12-18(22,4)5)8-6-7-10-21-11-9-15(20-21)27(19,24)25/h9,11,14H,6-8,10,12-13H2,1-5H3,(H2,19,24,25). The van der Waals surface area contributed by atoms with E-state index in [-0.39, 0.29) is 16.7 Å². The Labute approximate surface area is 162 Å². The minimum absolute atomic E-state index is 0.104. The number of primary sulfonamides is 1. The molecule has 2 heterocycles. The Morgan fingerprint density at radius 1 is 1.37 bits per heavy atom. The summed E-state index contributed by atoms with van der Waals surface area (Å²) in [6, 6.07) is 1.41. The molecule has 154 valence electrons. The minimum atomic E-state index is -3.75. The maximum atomic E-state index is 12.5. The molecule has 0 radical (unpaired) electrons. The molecule has 1 atom stereocenters. The number of nitrogens with two attached hydrogens (primary N) is 1. The molecule has 0 saturated carbocycles. The molecule has 1 aromatic rings. The molecular formula is C18H32N4O4S. The summed E-state index contributed by atoms with van der Waals surface area (Å²) in [5, 5.41) is 8.94. The van der Waals surface area contributed by atoms with Crippen LogP contribution in [-0.4, -0.2) is 46.9 Å². The van der Waals surface area contributed by atoms with E-state index in [0.717, 1.165) is 25.7 Å². The lowest BCUT2D eigenvalue weighted by Crippen LogP contribution is -2.45. The number of unbranched alkanes of at least 4 members (excludes halogenated alkanes) is 1. The quantitative estimate of drug-likeness (QED) is 0.739. The highest BCUT2D eigenvalue weighted by atomic mass is 32.2. The molecule has 1 fully saturated rings. The number of amides is 1. The van der Waals surface area contributed by atoms with Crippen molar-refractivity contribution in [3.63, 3.8) is 0 Å². The number of likely N-dealkylation sites (tertiary alicyclic amines) is 1. The van der Waals surface area contributed by atoms with Crippen LogP contribution in [-0.2, 0) is 21.3 Å². The van der Waals surface area contributed by atoms with Crippen molar-refractivity contribution in [1.82, 2.24) is 14.7 Å². The molecule has 2 N–H and O–H groups in total. The molecular weight excluding hydrogens is 368 g/mol. The van der Waals surface area contributed by atoms with E-state index in [9.17, 15) is 13.2 Å². The second kappa shape index (κ2) is 7.79. The van der Waals surface area contributed by atoms with E-state index >= 15 is 0 Å². The van der Waals surface area contributed by atoms with Gasteiger partial charge < -0.3 is 9.64 Å². The van der Waals surface area contributed by atoms with Gasteiger partial charge in [-0.15, -0.1) is 0 Å². The van der Waals surface area contributed by atoms with Crippen LogP contribution in [0.3, 0.4) is 0 Å². The number of aromatic nitrogens is 2. The Balaban J connectivity index is 1.80. The third-order valence-corrected chi connectivity index (χ3v) is 5.53. The summed E-state index contributed by atoms with van der Waals surface area (Å²) in [6.45, 7) is 11.1. The third-order valence-electron chi connectivity index (χ3n) is 4.73. The van der Waals surface area contributed by atoms with Crippen LogP contribution in [0.15, 0.2) is 17.3 Å². The second-order valence-electron chi connectivity index (χ2n) is 8.93. The molecule has 2 rings (SSSR count). The first kappa shape index (κ1) is 21.7. The number of aryl methyl sites for hydroxylation is 1. The molecule has 1 aliphatic heterocycles. The lowest BCUT2D eigenvalue weighted by atomic mass is 9.93. The molecule has 9 heteroatoms. The van der Waals surface area contributed by atoms with Gasteiger partial charge in [0.1, 0.15) is 5.60 Å². The van der Waals surface area contributed by atoms with Crippen LogP contribution in [0.1, 0.15) is 60.3 Å². The number of hydrogen-bond acceptors (Lipinski definition) is 5. The zero-order valence-electron chi connectivity index (χ0n) is 16.9. The smallest absolute Gasteiger partial charge is 0.410 e. The lowest BCUT2D eigenvalue weighted by molar-refractivity contribution is 0.0131. The fraction of sp³-hybridized carbons (Fsp3) is 0.778. The molecule has 0 bridgehead atoms. The summed E-state index contributed by atoms with van der Waals surface area (Å²) in [5.41, 5.74) is -0.704. The first-order valence-electron chi connectivity index (χ1n) is 9.35. The van der Waals surface area contributed by atoms with Gasteiger partial charge in [-0.3, -0.25) is 4.68 Å². The van der Waals surface area contributed by atoms with Crippen LogP contribution < -0.4 is 5.14 Å². The summed E-state index contributed by atoms with van der Waals surface area (Å²) in [4.78, 5) is 14.3. The SMILES string of the molecule is CC(C)(C)OC(=O)N1CC(CCCCn2ccc(S(N)(=O)=O)n2)CC1(C)C. The van der Waals surface area contributed by atoms with Crippen LogP contribution in [0.25, 0.3) is 0 Å². The maximum Gasteiger partial charge on any atom is 0.410 e. The molecule has 1 aromatic heterocycles. The highest BCUT2D eigenvalue weighted by Gasteiger charge is 2.42. The average molecular weight is 401 g/mol. The molecule has 0 spiro atoms. The molecule has 1 unspecified atom stereocenters. The van der Waals surface area contributed by atoms with Crippen molar-refractivity contribution in [2.24, 2.45) is 11.1 Å². The van der Waals surface area contributed by atoms with Gasteiger partial charge in [0.25, 0.3) is 10.0 Å². The minimum Gasteiger partial charge on any atom is -0.444 e. The van der Waals surface area contributed by atoms with Gasteiger partial charge in [-0.1, -0.05) is 6.42 Å². The van der Waals surface area contributed by atoms with Crippen molar-refractivity contribution >= 4 is 16.1 Å². The summed E-state index contributed by atoms with van der Waals surface area (Å²) in [5.74, 6) is 0.435. The number of nitrogens with zero attached hydrogens (tertiary/aromatic N) is 3. The van der Waals surface area contributed by atoms with E-state index in [0.29, 0.717) is 19.0 Å². The third kappa shape index (κ3) is 6.21. The topological polar surface area (TPSA) is 108 Å². The fourth-order valence-electron chi connectivity index (χ4n) is 3.54. The normalized spacial score (nSPS) is 20.1. The van der Waals surface area contributed by atoms with Gasteiger partial charge in [0.05, 0.1) is 0 Å². The molecule has 8 nitrogen and oxygen atoms in total. The fourth-order valence-corrected chi connectivity index (χ4v) is 4.01. The Morgan fingerprint density at radius 2 is 2.04 bits per heavy atom. The molecule has 1 saturated heterocycles. The van der Waals surface area contributed by atoms with Gasteiger partial charge in [0.15, 0.2) is 5.03 Å². The highest BCUT2D eigenvalue weighted by Crippen LogP contribution is 2.36. The van der Waals surface area contributed by atoms with Gasteiger partial charge in [0.2, 0.25) is 0 Å². The Morgan fingerprint density at radius 3 is 2.59 bits per heavy atom.